The standard InChI is InChI=1S/C21H16FN3O2S/c22-15-8-10-16(11-9-15)27-17-4-1-3-14(13-17)7-12-20(26)23-18-5-2-6-19-21(18)25-28-24-19/h1-6,8-11,13H,7,12H2,(H,23,26). The molecule has 0 aliphatic heterocycles. The Balaban J connectivity index is 1.37. The third-order valence-electron chi connectivity index (χ3n) is 4.15. The topological polar surface area (TPSA) is 64.1 Å². The summed E-state index contributed by atoms with van der Waals surface area (Å²) >= 11 is 1.12. The van der Waals surface area contributed by atoms with Crippen molar-refractivity contribution >= 4 is 34.4 Å². The van der Waals surface area contributed by atoms with Crippen molar-refractivity contribution in [1.29, 1.82) is 0 Å². The third-order valence-corrected chi connectivity index (χ3v) is 4.69. The Morgan fingerprint density at radius 2 is 1.82 bits per heavy atom. The number of hydrogen-bond acceptors (Lipinski definition) is 5. The van der Waals surface area contributed by atoms with Crippen molar-refractivity contribution in [3.63, 3.8) is 0 Å². The number of anilines is 1. The number of ether oxygens (including phenoxy) is 1. The SMILES string of the molecule is O=C(CCc1cccc(Oc2ccc(F)cc2)c1)Nc1cccc2nsnc12. The van der Waals surface area contributed by atoms with E-state index in [0.717, 1.165) is 22.8 Å². The number of carbonyl (C=O) groups is 1. The fraction of sp³-hybridized carbons (Fsp3) is 0.0952. The summed E-state index contributed by atoms with van der Waals surface area (Å²) in [7, 11) is 0. The molecule has 1 N–H and O–H groups in total. The number of nitrogens with one attached hydrogen (secondary N) is 1. The first-order chi connectivity index (χ1) is 13.7. The zero-order valence-corrected chi connectivity index (χ0v) is 15.6. The van der Waals surface area contributed by atoms with Gasteiger partial charge in [0.05, 0.1) is 17.4 Å². The molecule has 1 amide bonds. The molecule has 0 atom stereocenters. The molecule has 28 heavy (non-hydrogen) atoms. The van der Waals surface area contributed by atoms with Crippen LogP contribution in [-0.2, 0) is 11.2 Å². The summed E-state index contributed by atoms with van der Waals surface area (Å²) in [5.41, 5.74) is 3.12. The van der Waals surface area contributed by atoms with E-state index in [2.05, 4.69) is 14.1 Å². The van der Waals surface area contributed by atoms with E-state index in [0.29, 0.717) is 35.5 Å². The van der Waals surface area contributed by atoms with E-state index in [-0.39, 0.29) is 11.7 Å². The van der Waals surface area contributed by atoms with Crippen LogP contribution in [0.15, 0.2) is 66.7 Å². The van der Waals surface area contributed by atoms with Crippen LogP contribution in [0.25, 0.3) is 11.0 Å². The Labute approximate surface area is 165 Å². The highest BCUT2D eigenvalue weighted by Gasteiger charge is 2.09. The van der Waals surface area contributed by atoms with Crippen LogP contribution < -0.4 is 10.1 Å². The maximum absolute atomic E-state index is 13.0. The molecular formula is C21H16FN3O2S. The molecule has 4 rings (SSSR count). The van der Waals surface area contributed by atoms with Crippen LogP contribution in [-0.4, -0.2) is 14.7 Å². The number of aromatic nitrogens is 2. The molecule has 1 heterocycles. The highest BCUT2D eigenvalue weighted by Crippen LogP contribution is 2.24. The summed E-state index contributed by atoms with van der Waals surface area (Å²) in [6.07, 6.45) is 0.895. The second kappa shape index (κ2) is 8.14. The molecule has 3 aromatic carbocycles. The average molecular weight is 393 g/mol. The van der Waals surface area contributed by atoms with E-state index in [4.69, 9.17) is 4.74 Å². The second-order valence-corrected chi connectivity index (χ2v) is 6.72. The minimum Gasteiger partial charge on any atom is -0.457 e. The molecule has 0 saturated carbocycles. The first-order valence-electron chi connectivity index (χ1n) is 8.71. The molecule has 0 aliphatic rings. The molecule has 0 saturated heterocycles. The van der Waals surface area contributed by atoms with Gasteiger partial charge in [-0.3, -0.25) is 4.79 Å². The van der Waals surface area contributed by atoms with Crippen LogP contribution in [0.1, 0.15) is 12.0 Å². The van der Waals surface area contributed by atoms with Gasteiger partial charge in [0.25, 0.3) is 0 Å². The van der Waals surface area contributed by atoms with E-state index in [1.807, 2.05) is 42.5 Å². The van der Waals surface area contributed by atoms with Crippen molar-refractivity contribution < 1.29 is 13.9 Å². The normalized spacial score (nSPS) is 10.8. The zero-order chi connectivity index (χ0) is 19.3. The summed E-state index contributed by atoms with van der Waals surface area (Å²) in [6, 6.07) is 18.9. The number of hydrogen-bond donors (Lipinski definition) is 1. The van der Waals surface area contributed by atoms with Gasteiger partial charge in [0.15, 0.2) is 0 Å². The summed E-state index contributed by atoms with van der Waals surface area (Å²) in [6.45, 7) is 0. The van der Waals surface area contributed by atoms with Crippen molar-refractivity contribution in [3.8, 4) is 11.5 Å². The number of amides is 1. The fourth-order valence-corrected chi connectivity index (χ4v) is 3.33. The lowest BCUT2D eigenvalue weighted by Crippen LogP contribution is -2.12. The quantitative estimate of drug-likeness (QED) is 0.489. The minimum atomic E-state index is -0.309. The highest BCUT2D eigenvalue weighted by atomic mass is 32.1. The molecule has 1 aromatic heterocycles. The van der Waals surface area contributed by atoms with Gasteiger partial charge in [0.2, 0.25) is 5.91 Å². The maximum Gasteiger partial charge on any atom is 0.224 e. The number of fused-ring (bicyclic) bond motifs is 1. The average Bonchev–Trinajstić information content (AvgIpc) is 3.19. The largest absolute Gasteiger partial charge is 0.457 e. The van der Waals surface area contributed by atoms with Gasteiger partial charge >= 0.3 is 0 Å². The Hall–Kier alpha value is -3.32. The molecule has 4 aromatic rings. The van der Waals surface area contributed by atoms with Crippen LogP contribution in [0.2, 0.25) is 0 Å². The summed E-state index contributed by atoms with van der Waals surface area (Å²) in [5.74, 6) is 0.797. The van der Waals surface area contributed by atoms with Crippen LogP contribution >= 0.6 is 11.7 Å². The Morgan fingerprint density at radius 1 is 1.00 bits per heavy atom. The van der Waals surface area contributed by atoms with E-state index in [1.165, 1.54) is 12.1 Å². The first-order valence-corrected chi connectivity index (χ1v) is 9.44. The van der Waals surface area contributed by atoms with Gasteiger partial charge < -0.3 is 10.1 Å². The van der Waals surface area contributed by atoms with Crippen LogP contribution in [0.5, 0.6) is 11.5 Å². The van der Waals surface area contributed by atoms with Gasteiger partial charge in [0, 0.05) is 6.42 Å². The highest BCUT2D eigenvalue weighted by molar-refractivity contribution is 7.00. The molecule has 0 aliphatic carbocycles. The third kappa shape index (κ3) is 4.32. The predicted molar refractivity (Wildman–Crippen MR) is 107 cm³/mol. The van der Waals surface area contributed by atoms with E-state index in [9.17, 15) is 9.18 Å². The summed E-state index contributed by atoms with van der Waals surface area (Å²) < 4.78 is 27.1. The van der Waals surface area contributed by atoms with Crippen LogP contribution in [0.3, 0.4) is 0 Å². The number of benzene rings is 3. The molecule has 140 valence electrons. The first kappa shape index (κ1) is 18.1. The van der Waals surface area contributed by atoms with E-state index < -0.39 is 0 Å². The summed E-state index contributed by atoms with van der Waals surface area (Å²) in [4.78, 5) is 12.3. The molecule has 0 fully saturated rings. The molecule has 5 nitrogen and oxygen atoms in total. The van der Waals surface area contributed by atoms with E-state index >= 15 is 0 Å². The maximum atomic E-state index is 13.0. The van der Waals surface area contributed by atoms with Gasteiger partial charge in [-0.2, -0.15) is 8.75 Å². The number of carbonyl (C=O) groups excluding carboxylic acids is 1. The monoisotopic (exact) mass is 393 g/mol. The molecular weight excluding hydrogens is 377 g/mol. The summed E-state index contributed by atoms with van der Waals surface area (Å²) in [5, 5.41) is 2.90. The Kier molecular flexibility index (Phi) is 5.25. The van der Waals surface area contributed by atoms with E-state index in [1.54, 1.807) is 12.1 Å². The lowest BCUT2D eigenvalue weighted by atomic mass is 10.1. The second-order valence-electron chi connectivity index (χ2n) is 6.19. The van der Waals surface area contributed by atoms with Gasteiger partial charge in [-0.05, 0) is 60.5 Å². The lowest BCUT2D eigenvalue weighted by Gasteiger charge is -2.08. The van der Waals surface area contributed by atoms with Crippen molar-refractivity contribution in [2.45, 2.75) is 12.8 Å². The number of halogens is 1. The minimum absolute atomic E-state index is 0.0923. The van der Waals surface area contributed by atoms with Crippen LogP contribution in [0, 0.1) is 5.82 Å². The van der Waals surface area contributed by atoms with Gasteiger partial charge in [-0.1, -0.05) is 18.2 Å². The zero-order valence-electron chi connectivity index (χ0n) is 14.8. The Bertz CT molecular complexity index is 1110. The van der Waals surface area contributed by atoms with Gasteiger partial charge in [-0.25, -0.2) is 4.39 Å². The van der Waals surface area contributed by atoms with Gasteiger partial charge in [0.1, 0.15) is 28.3 Å². The smallest absolute Gasteiger partial charge is 0.224 e. The predicted octanol–water partition coefficient (Wildman–Crippen LogP) is 5.19. The van der Waals surface area contributed by atoms with Crippen molar-refractivity contribution in [1.82, 2.24) is 8.75 Å². The molecule has 7 heteroatoms. The molecule has 0 radical (unpaired) electrons. The molecule has 0 unspecified atom stereocenters. The number of nitrogens with zero attached hydrogens (tertiary/aromatic N) is 2. The molecule has 0 spiro atoms. The van der Waals surface area contributed by atoms with Crippen LogP contribution in [0.4, 0.5) is 10.1 Å². The molecule has 0 bridgehead atoms. The number of aryl methyl sites for hydroxylation is 1. The van der Waals surface area contributed by atoms with Crippen molar-refractivity contribution in [2.75, 3.05) is 5.32 Å². The van der Waals surface area contributed by atoms with Gasteiger partial charge in [-0.15, -0.1) is 0 Å². The number of rotatable bonds is 6. The Morgan fingerprint density at radius 3 is 2.68 bits per heavy atom. The lowest BCUT2D eigenvalue weighted by molar-refractivity contribution is -0.116. The fourth-order valence-electron chi connectivity index (χ4n) is 2.78. The van der Waals surface area contributed by atoms with Crippen molar-refractivity contribution in [3.05, 3.63) is 78.1 Å². The van der Waals surface area contributed by atoms with Crippen molar-refractivity contribution in [2.24, 2.45) is 0 Å².